The molecule has 0 amide bonds. The van der Waals surface area contributed by atoms with Crippen LogP contribution in [0.1, 0.15) is 110 Å². The van der Waals surface area contributed by atoms with Crippen molar-refractivity contribution >= 4 is 27.3 Å². The molecule has 1 fully saturated rings. The van der Waals surface area contributed by atoms with E-state index in [1.54, 1.807) is 0 Å². The van der Waals surface area contributed by atoms with E-state index < -0.39 is 0 Å². The average Bonchev–Trinajstić information content (AvgIpc) is 3.51. The van der Waals surface area contributed by atoms with Crippen LogP contribution in [0.25, 0.3) is 32.8 Å². The number of fused-ring (bicyclic) bond motifs is 6. The summed E-state index contributed by atoms with van der Waals surface area (Å²) in [6, 6.07) is 14.7. The molecule has 1 N–H and O–H groups in total. The molecule has 45 heavy (non-hydrogen) atoms. The maximum Gasteiger partial charge on any atom is 0.162 e. The van der Waals surface area contributed by atoms with Crippen LogP contribution in [0.15, 0.2) is 60.8 Å². The van der Waals surface area contributed by atoms with Crippen molar-refractivity contribution in [1.82, 2.24) is 9.97 Å². The summed E-state index contributed by atoms with van der Waals surface area (Å²) in [5.74, 6) is 1.20. The van der Waals surface area contributed by atoms with Crippen LogP contribution >= 0.6 is 0 Å². The largest absolute Gasteiger partial charge is 0.512 e. The van der Waals surface area contributed by atoms with Gasteiger partial charge in [-0.3, -0.25) is 9.78 Å². The van der Waals surface area contributed by atoms with Gasteiger partial charge >= 0.3 is 0 Å². The van der Waals surface area contributed by atoms with E-state index in [1.165, 1.54) is 70.0 Å². The summed E-state index contributed by atoms with van der Waals surface area (Å²) < 4.78 is 0. The van der Waals surface area contributed by atoms with Crippen molar-refractivity contribution in [1.29, 1.82) is 0 Å². The Morgan fingerprint density at radius 1 is 0.956 bits per heavy atom. The van der Waals surface area contributed by atoms with Gasteiger partial charge in [-0.2, -0.15) is 0 Å². The topological polar surface area (TPSA) is 63.1 Å². The van der Waals surface area contributed by atoms with Crippen LogP contribution in [0.4, 0.5) is 0 Å². The first kappa shape index (κ1) is 35.0. The molecular weight excluding hydrogens is 733 g/mol. The van der Waals surface area contributed by atoms with Crippen LogP contribution < -0.4 is 0 Å². The fourth-order valence-corrected chi connectivity index (χ4v) is 7.66. The molecule has 241 valence electrons. The zero-order chi connectivity index (χ0) is 31.4. The summed E-state index contributed by atoms with van der Waals surface area (Å²) in [6.45, 7) is 12.7. The second kappa shape index (κ2) is 15.1. The van der Waals surface area contributed by atoms with Crippen molar-refractivity contribution in [3.63, 3.8) is 0 Å². The maximum absolute atomic E-state index is 11.7. The number of rotatable bonds is 9. The first-order valence-electron chi connectivity index (χ1n) is 16.9. The zero-order valence-electron chi connectivity index (χ0n) is 27.9. The molecule has 1 spiro atoms. The molecule has 4 nitrogen and oxygen atoms in total. The van der Waals surface area contributed by atoms with E-state index in [0.29, 0.717) is 5.92 Å². The molecule has 2 aliphatic rings. The Labute approximate surface area is 283 Å². The van der Waals surface area contributed by atoms with Gasteiger partial charge in [-0.05, 0) is 78.5 Å². The zero-order valence-corrected chi connectivity index (χ0v) is 30.3. The Morgan fingerprint density at radius 3 is 2.29 bits per heavy atom. The van der Waals surface area contributed by atoms with Crippen LogP contribution in [0.2, 0.25) is 0 Å². The van der Waals surface area contributed by atoms with Gasteiger partial charge in [-0.15, -0.1) is 23.8 Å². The molecule has 0 bridgehead atoms. The van der Waals surface area contributed by atoms with Crippen molar-refractivity contribution in [2.45, 2.75) is 105 Å². The molecule has 2 aromatic carbocycles. The molecule has 1 saturated carbocycles. The third-order valence-corrected chi connectivity index (χ3v) is 10.1. The van der Waals surface area contributed by atoms with E-state index >= 15 is 0 Å². The van der Waals surface area contributed by atoms with E-state index in [0.717, 1.165) is 43.4 Å². The van der Waals surface area contributed by atoms with Gasteiger partial charge in [-0.1, -0.05) is 88.9 Å². The van der Waals surface area contributed by atoms with Crippen molar-refractivity contribution in [2.75, 3.05) is 0 Å². The van der Waals surface area contributed by atoms with Crippen LogP contribution in [-0.2, 0) is 36.7 Å². The number of benzene rings is 2. The van der Waals surface area contributed by atoms with Crippen LogP contribution in [0.3, 0.4) is 0 Å². The maximum atomic E-state index is 11.7. The molecule has 0 atom stereocenters. The van der Waals surface area contributed by atoms with Gasteiger partial charge in [0.2, 0.25) is 0 Å². The number of pyridine rings is 2. The number of carbonyl (C=O) groups is 1. The normalized spacial score (nSPS) is 15.0. The van der Waals surface area contributed by atoms with Gasteiger partial charge in [0, 0.05) is 62.0 Å². The van der Waals surface area contributed by atoms with Gasteiger partial charge < -0.3 is 10.1 Å². The number of nitrogens with zero attached hydrogens (tertiary/aromatic N) is 2. The Hall–Kier alpha value is -2.88. The number of aliphatic hydroxyl groups excluding tert-OH is 1. The van der Waals surface area contributed by atoms with Gasteiger partial charge in [0.25, 0.3) is 0 Å². The molecular formula is C40H49IrN2O2-. The second-order valence-electron chi connectivity index (χ2n) is 13.3. The number of hydrogen-bond donors (Lipinski definition) is 1. The van der Waals surface area contributed by atoms with E-state index in [-0.39, 0.29) is 48.9 Å². The average molecular weight is 782 g/mol. The minimum Gasteiger partial charge on any atom is -0.512 e. The van der Waals surface area contributed by atoms with Gasteiger partial charge in [0.15, 0.2) is 5.78 Å². The van der Waals surface area contributed by atoms with Crippen LogP contribution in [0, 0.1) is 23.8 Å². The molecule has 0 saturated heterocycles. The smallest absolute Gasteiger partial charge is 0.162 e. The fourth-order valence-electron chi connectivity index (χ4n) is 7.66. The third-order valence-electron chi connectivity index (χ3n) is 10.1. The Kier molecular flexibility index (Phi) is 11.8. The number of aromatic nitrogens is 2. The number of carbonyl (C=O) groups excluding carboxylic acids is 1. The van der Waals surface area contributed by atoms with Crippen molar-refractivity contribution in [3.8, 4) is 11.3 Å². The molecule has 5 heteroatoms. The SMILES string of the molecule is CC(C)Cc1ccc2cnc3c(c2c1)C1(CCCC1)c1cncc2cc[c-]c-3c12.CCC(CC)C(=O)/C=C(\O)C(CC)CC.[Ir]. The fraction of sp³-hybridized carbons (Fsp3) is 0.475. The van der Waals surface area contributed by atoms with E-state index in [4.69, 9.17) is 4.98 Å². The summed E-state index contributed by atoms with van der Waals surface area (Å²) in [5.41, 5.74) is 6.59. The monoisotopic (exact) mass is 782 g/mol. The van der Waals surface area contributed by atoms with Crippen molar-refractivity contribution in [2.24, 2.45) is 17.8 Å². The summed E-state index contributed by atoms with van der Waals surface area (Å²) in [7, 11) is 0. The number of ketones is 1. The van der Waals surface area contributed by atoms with Crippen molar-refractivity contribution in [3.05, 3.63) is 83.5 Å². The molecule has 2 aromatic heterocycles. The molecule has 2 aliphatic carbocycles. The predicted octanol–water partition coefficient (Wildman–Crippen LogP) is 10.5. The Bertz CT molecular complexity index is 1660. The second-order valence-corrected chi connectivity index (χ2v) is 13.3. The van der Waals surface area contributed by atoms with E-state index in [9.17, 15) is 9.90 Å². The van der Waals surface area contributed by atoms with E-state index in [1.807, 2.05) is 40.0 Å². The molecule has 2 heterocycles. The minimum absolute atomic E-state index is 0. The van der Waals surface area contributed by atoms with Crippen molar-refractivity contribution < 1.29 is 30.0 Å². The summed E-state index contributed by atoms with van der Waals surface area (Å²) in [5, 5.41) is 14.9. The standard InChI is InChI=1S/C27H25N2.C13H24O2.Ir/c1-17(2)12-18-8-9-19-15-29-26-21-7-5-6-20-14-28-16-23(24(20)21)27(10-3-4-11-27)25(26)22(19)13-18;1-5-10(6-2)12(14)9-13(15)11(7-3)8-4;/h5-6,8-9,13-17H,3-4,10-12H2,1-2H3;9-11,14H,5-8H2,1-4H3;/q-1;;/b;12-9-;. The number of aliphatic hydroxyl groups is 1. The number of allylic oxidation sites excluding steroid dienone is 2. The summed E-state index contributed by atoms with van der Waals surface area (Å²) in [6.07, 6.45) is 17.1. The molecule has 0 aliphatic heterocycles. The molecule has 1 radical (unpaired) electrons. The molecule has 4 aromatic rings. The first-order chi connectivity index (χ1) is 21.3. The van der Waals surface area contributed by atoms with E-state index in [2.05, 4.69) is 61.6 Å². The first-order valence-corrected chi connectivity index (χ1v) is 16.9. The van der Waals surface area contributed by atoms with Gasteiger partial charge in [0.05, 0.1) is 5.76 Å². The minimum atomic E-state index is 0. The predicted molar refractivity (Wildman–Crippen MR) is 183 cm³/mol. The van der Waals surface area contributed by atoms with Gasteiger partial charge in [-0.25, -0.2) is 0 Å². The quantitative estimate of drug-likeness (QED) is 0.104. The molecule has 6 rings (SSSR count). The summed E-state index contributed by atoms with van der Waals surface area (Å²) >= 11 is 0. The van der Waals surface area contributed by atoms with Gasteiger partial charge in [0.1, 0.15) is 0 Å². The number of hydrogen-bond acceptors (Lipinski definition) is 4. The summed E-state index contributed by atoms with van der Waals surface area (Å²) in [4.78, 5) is 21.4. The van der Waals surface area contributed by atoms with Crippen LogP contribution in [-0.4, -0.2) is 20.9 Å². The van der Waals surface area contributed by atoms with Crippen LogP contribution in [0.5, 0.6) is 0 Å². The Balaban J connectivity index is 0.000000249. The molecule has 0 unspecified atom stereocenters. The Morgan fingerprint density at radius 2 is 1.64 bits per heavy atom. The third kappa shape index (κ3) is 6.81.